The Kier molecular flexibility index (Phi) is 5.26. The van der Waals surface area contributed by atoms with Crippen LogP contribution in [0.15, 0.2) is 65.2 Å². The van der Waals surface area contributed by atoms with Crippen LogP contribution in [0.4, 0.5) is 0 Å². The second-order valence-electron chi connectivity index (χ2n) is 5.88. The molecule has 0 aliphatic heterocycles. The minimum absolute atomic E-state index is 0.114. The fourth-order valence-corrected chi connectivity index (χ4v) is 2.57. The summed E-state index contributed by atoms with van der Waals surface area (Å²) >= 11 is 0. The van der Waals surface area contributed by atoms with Crippen LogP contribution >= 0.6 is 0 Å². The molecule has 5 nitrogen and oxygen atoms in total. The van der Waals surface area contributed by atoms with Gasteiger partial charge in [-0.3, -0.25) is 4.79 Å². The lowest BCUT2D eigenvalue weighted by atomic mass is 10.1. The zero-order valence-corrected chi connectivity index (χ0v) is 14.1. The smallest absolute Gasteiger partial charge is 0.292 e. The van der Waals surface area contributed by atoms with E-state index in [-0.39, 0.29) is 24.8 Å². The van der Waals surface area contributed by atoms with Crippen molar-refractivity contribution in [1.29, 1.82) is 0 Å². The molecule has 0 aliphatic carbocycles. The molecule has 128 valence electrons. The summed E-state index contributed by atoms with van der Waals surface area (Å²) in [5.74, 6) is -0.122. The molecule has 0 spiro atoms. The first-order valence-corrected chi connectivity index (χ1v) is 8.15. The molecule has 0 bridgehead atoms. The van der Waals surface area contributed by atoms with Gasteiger partial charge in [0.2, 0.25) is 5.76 Å². The molecule has 1 amide bonds. The van der Waals surface area contributed by atoms with Crippen LogP contribution in [-0.4, -0.2) is 34.2 Å². The molecule has 3 aromatic rings. The summed E-state index contributed by atoms with van der Waals surface area (Å²) in [6, 6.07) is 19.1. The summed E-state index contributed by atoms with van der Waals surface area (Å²) in [4.78, 5) is 14.3. The summed E-state index contributed by atoms with van der Waals surface area (Å²) in [6.45, 7) is 2.53. The van der Waals surface area contributed by atoms with Crippen molar-refractivity contribution in [2.24, 2.45) is 0 Å². The number of aromatic nitrogens is 1. The van der Waals surface area contributed by atoms with Crippen molar-refractivity contribution in [2.75, 3.05) is 13.2 Å². The van der Waals surface area contributed by atoms with Crippen LogP contribution in [0.5, 0.6) is 0 Å². The van der Waals surface area contributed by atoms with E-state index in [1.807, 2.05) is 61.5 Å². The van der Waals surface area contributed by atoms with Gasteiger partial charge >= 0.3 is 0 Å². The zero-order valence-electron chi connectivity index (χ0n) is 14.1. The van der Waals surface area contributed by atoms with E-state index in [0.717, 1.165) is 16.7 Å². The van der Waals surface area contributed by atoms with E-state index in [4.69, 9.17) is 4.52 Å². The van der Waals surface area contributed by atoms with Crippen LogP contribution in [0.3, 0.4) is 0 Å². The predicted molar refractivity (Wildman–Crippen MR) is 94.9 cm³/mol. The molecule has 0 aliphatic rings. The average Bonchev–Trinajstić information content (AvgIpc) is 3.12. The number of carbonyl (C=O) groups is 1. The van der Waals surface area contributed by atoms with Gasteiger partial charge in [0.05, 0.1) is 6.61 Å². The Morgan fingerprint density at radius 2 is 1.84 bits per heavy atom. The molecule has 1 N–H and O–H groups in total. The maximum absolute atomic E-state index is 12.7. The second kappa shape index (κ2) is 7.77. The number of aryl methyl sites for hydroxylation is 1. The Bertz CT molecular complexity index is 826. The molecule has 2 aromatic carbocycles. The van der Waals surface area contributed by atoms with Crippen molar-refractivity contribution in [3.8, 4) is 11.3 Å². The van der Waals surface area contributed by atoms with Gasteiger partial charge in [-0.15, -0.1) is 0 Å². The monoisotopic (exact) mass is 336 g/mol. The van der Waals surface area contributed by atoms with E-state index in [1.54, 1.807) is 11.0 Å². The number of aliphatic hydroxyl groups excluding tert-OH is 1. The highest BCUT2D eigenvalue weighted by Crippen LogP contribution is 2.21. The molecular formula is C20H20N2O3. The third kappa shape index (κ3) is 4.14. The molecular weight excluding hydrogens is 316 g/mol. The van der Waals surface area contributed by atoms with Gasteiger partial charge in [-0.25, -0.2) is 0 Å². The summed E-state index contributed by atoms with van der Waals surface area (Å²) in [6.07, 6.45) is 0. The fraction of sp³-hybridized carbons (Fsp3) is 0.200. The minimum atomic E-state index is -0.288. The largest absolute Gasteiger partial charge is 0.395 e. The van der Waals surface area contributed by atoms with Crippen LogP contribution in [0.25, 0.3) is 11.3 Å². The SMILES string of the molecule is Cc1ccc(-c2cc(C(=O)N(CCO)Cc3ccccc3)on2)cc1. The quantitative estimate of drug-likeness (QED) is 0.750. The molecule has 5 heteroatoms. The predicted octanol–water partition coefficient (Wildman–Crippen LogP) is 3.28. The van der Waals surface area contributed by atoms with E-state index in [1.165, 1.54) is 0 Å². The summed E-state index contributed by atoms with van der Waals surface area (Å²) in [5.41, 5.74) is 3.65. The van der Waals surface area contributed by atoms with E-state index in [2.05, 4.69) is 5.16 Å². The number of rotatable bonds is 6. The Balaban J connectivity index is 1.79. The van der Waals surface area contributed by atoms with Gasteiger partial charge in [0.25, 0.3) is 5.91 Å². The Hall–Kier alpha value is -2.92. The van der Waals surface area contributed by atoms with Gasteiger partial charge in [0, 0.05) is 24.7 Å². The highest BCUT2D eigenvalue weighted by Gasteiger charge is 2.21. The lowest BCUT2D eigenvalue weighted by Crippen LogP contribution is -2.32. The van der Waals surface area contributed by atoms with E-state index in [0.29, 0.717) is 12.2 Å². The lowest BCUT2D eigenvalue weighted by molar-refractivity contribution is 0.0666. The first-order chi connectivity index (χ1) is 12.2. The van der Waals surface area contributed by atoms with Crippen molar-refractivity contribution in [1.82, 2.24) is 10.1 Å². The van der Waals surface area contributed by atoms with Gasteiger partial charge in [0.1, 0.15) is 5.69 Å². The molecule has 25 heavy (non-hydrogen) atoms. The molecule has 0 radical (unpaired) electrons. The van der Waals surface area contributed by atoms with Gasteiger partial charge in [0.15, 0.2) is 0 Å². The van der Waals surface area contributed by atoms with E-state index >= 15 is 0 Å². The zero-order chi connectivity index (χ0) is 17.6. The Morgan fingerprint density at radius 3 is 2.52 bits per heavy atom. The van der Waals surface area contributed by atoms with Crippen LogP contribution < -0.4 is 0 Å². The summed E-state index contributed by atoms with van der Waals surface area (Å²) in [7, 11) is 0. The normalized spacial score (nSPS) is 10.6. The standard InChI is InChI=1S/C20H20N2O3/c1-15-7-9-17(10-8-15)18-13-19(25-21-18)20(24)22(11-12-23)14-16-5-3-2-4-6-16/h2-10,13,23H,11-12,14H2,1H3. The molecule has 1 aromatic heterocycles. The number of aliphatic hydroxyl groups is 1. The maximum atomic E-state index is 12.7. The molecule has 0 fully saturated rings. The van der Waals surface area contributed by atoms with Crippen molar-refractivity contribution in [3.63, 3.8) is 0 Å². The number of amides is 1. The molecule has 0 saturated carbocycles. The van der Waals surface area contributed by atoms with Gasteiger partial charge in [-0.05, 0) is 12.5 Å². The number of carbonyl (C=O) groups excluding carboxylic acids is 1. The molecule has 1 heterocycles. The van der Waals surface area contributed by atoms with Crippen molar-refractivity contribution in [2.45, 2.75) is 13.5 Å². The highest BCUT2D eigenvalue weighted by atomic mass is 16.5. The van der Waals surface area contributed by atoms with Crippen LogP contribution in [0.2, 0.25) is 0 Å². The van der Waals surface area contributed by atoms with Crippen molar-refractivity contribution in [3.05, 3.63) is 77.6 Å². The average molecular weight is 336 g/mol. The Labute approximate surface area is 146 Å². The van der Waals surface area contributed by atoms with Gasteiger partial charge < -0.3 is 14.5 Å². The van der Waals surface area contributed by atoms with E-state index < -0.39 is 0 Å². The number of nitrogens with zero attached hydrogens (tertiary/aromatic N) is 2. The molecule has 0 atom stereocenters. The Morgan fingerprint density at radius 1 is 1.12 bits per heavy atom. The highest BCUT2D eigenvalue weighted by molar-refractivity contribution is 5.92. The lowest BCUT2D eigenvalue weighted by Gasteiger charge is -2.20. The summed E-state index contributed by atoms with van der Waals surface area (Å²) < 4.78 is 5.25. The first kappa shape index (κ1) is 16.9. The van der Waals surface area contributed by atoms with Crippen LogP contribution in [-0.2, 0) is 6.54 Å². The minimum Gasteiger partial charge on any atom is -0.395 e. The topological polar surface area (TPSA) is 66.6 Å². The van der Waals surface area contributed by atoms with Gasteiger partial charge in [-0.1, -0.05) is 65.3 Å². The van der Waals surface area contributed by atoms with E-state index in [9.17, 15) is 9.90 Å². The van der Waals surface area contributed by atoms with Crippen molar-refractivity contribution < 1.29 is 14.4 Å². The first-order valence-electron chi connectivity index (χ1n) is 8.15. The number of hydrogen-bond donors (Lipinski definition) is 1. The van der Waals surface area contributed by atoms with Crippen molar-refractivity contribution >= 4 is 5.91 Å². The van der Waals surface area contributed by atoms with Crippen LogP contribution in [0, 0.1) is 6.92 Å². The summed E-state index contributed by atoms with van der Waals surface area (Å²) in [5, 5.41) is 13.3. The maximum Gasteiger partial charge on any atom is 0.292 e. The third-order valence-electron chi connectivity index (χ3n) is 3.94. The third-order valence-corrected chi connectivity index (χ3v) is 3.94. The number of hydrogen-bond acceptors (Lipinski definition) is 4. The molecule has 3 rings (SSSR count). The number of benzene rings is 2. The molecule has 0 unspecified atom stereocenters. The second-order valence-corrected chi connectivity index (χ2v) is 5.88. The fourth-order valence-electron chi connectivity index (χ4n) is 2.57. The van der Waals surface area contributed by atoms with Crippen LogP contribution in [0.1, 0.15) is 21.7 Å². The molecule has 0 saturated heterocycles. The van der Waals surface area contributed by atoms with Gasteiger partial charge in [-0.2, -0.15) is 0 Å².